The minimum Gasteiger partial charge on any atom is -0.464 e. The molecule has 0 bridgehead atoms. The number of hydrogen-bond acceptors (Lipinski definition) is 3. The highest BCUT2D eigenvalue weighted by atomic mass is 35.5. The molecule has 0 N–H and O–H groups in total. The van der Waals surface area contributed by atoms with Gasteiger partial charge in [0, 0.05) is 19.2 Å². The van der Waals surface area contributed by atoms with E-state index >= 15 is 0 Å². The van der Waals surface area contributed by atoms with E-state index in [1.54, 1.807) is 6.92 Å². The average molecular weight is 322 g/mol. The Morgan fingerprint density at radius 2 is 1.70 bits per heavy atom. The van der Waals surface area contributed by atoms with Gasteiger partial charge >= 0.3 is 0 Å². The molecule has 0 amide bonds. The van der Waals surface area contributed by atoms with Crippen LogP contribution in [0.25, 0.3) is 0 Å². The molecule has 116 valence electrons. The number of rotatable bonds is 7. The largest absolute Gasteiger partial charge is 0.464 e. The molecule has 1 rings (SSSR count). The van der Waals surface area contributed by atoms with E-state index in [9.17, 15) is 8.42 Å². The van der Waals surface area contributed by atoms with Crippen LogP contribution in [0.2, 0.25) is 0 Å². The highest BCUT2D eigenvalue weighted by Crippen LogP contribution is 2.25. The Morgan fingerprint density at radius 1 is 1.20 bits per heavy atom. The van der Waals surface area contributed by atoms with Gasteiger partial charge in [0.2, 0.25) is 10.0 Å². The van der Waals surface area contributed by atoms with Gasteiger partial charge in [0.15, 0.2) is 0 Å². The molecule has 1 aromatic rings. The summed E-state index contributed by atoms with van der Waals surface area (Å²) >= 11 is 5.71. The van der Waals surface area contributed by atoms with Crippen LogP contribution in [0, 0.1) is 18.8 Å². The number of alkyl halides is 1. The molecule has 1 aromatic heterocycles. The van der Waals surface area contributed by atoms with E-state index in [2.05, 4.69) is 0 Å². The van der Waals surface area contributed by atoms with Gasteiger partial charge in [0.25, 0.3) is 0 Å². The van der Waals surface area contributed by atoms with Crippen molar-refractivity contribution in [3.8, 4) is 0 Å². The van der Waals surface area contributed by atoms with E-state index in [-0.39, 0.29) is 22.6 Å². The predicted octanol–water partition coefficient (Wildman–Crippen LogP) is 3.63. The van der Waals surface area contributed by atoms with Crippen molar-refractivity contribution in [3.05, 3.63) is 17.6 Å². The fourth-order valence-electron chi connectivity index (χ4n) is 2.07. The first-order chi connectivity index (χ1) is 9.18. The fraction of sp³-hybridized carbons (Fsp3) is 0.714. The van der Waals surface area contributed by atoms with Crippen LogP contribution in [0.4, 0.5) is 0 Å². The van der Waals surface area contributed by atoms with E-state index in [0.717, 1.165) is 0 Å². The molecule has 0 radical (unpaired) electrons. The second kappa shape index (κ2) is 6.96. The Labute approximate surface area is 127 Å². The maximum Gasteiger partial charge on any atom is 0.246 e. The first-order valence-electron chi connectivity index (χ1n) is 6.83. The minimum atomic E-state index is -3.53. The number of halogens is 1. The predicted molar refractivity (Wildman–Crippen MR) is 81.4 cm³/mol. The summed E-state index contributed by atoms with van der Waals surface area (Å²) < 4.78 is 32.5. The molecular formula is C14H24ClNO3S. The average Bonchev–Trinajstić information content (AvgIpc) is 2.69. The van der Waals surface area contributed by atoms with E-state index in [4.69, 9.17) is 16.0 Å². The van der Waals surface area contributed by atoms with E-state index in [1.807, 2.05) is 27.7 Å². The smallest absolute Gasteiger partial charge is 0.246 e. The quantitative estimate of drug-likeness (QED) is 0.720. The highest BCUT2D eigenvalue weighted by molar-refractivity contribution is 7.89. The van der Waals surface area contributed by atoms with Crippen LogP contribution < -0.4 is 0 Å². The molecule has 0 saturated heterocycles. The molecule has 0 aromatic carbocycles. The van der Waals surface area contributed by atoms with Crippen LogP contribution >= 0.6 is 11.6 Å². The SMILES string of the molecule is Cc1oc(CCl)cc1S(=O)(=O)N(CC(C)C)CC(C)C. The van der Waals surface area contributed by atoms with Gasteiger partial charge in [0.05, 0.1) is 5.88 Å². The minimum absolute atomic E-state index is 0.171. The van der Waals surface area contributed by atoms with Crippen molar-refractivity contribution < 1.29 is 12.8 Å². The summed E-state index contributed by atoms with van der Waals surface area (Å²) in [4.78, 5) is 0.231. The third-order valence-corrected chi connectivity index (χ3v) is 5.01. The van der Waals surface area contributed by atoms with Crippen LogP contribution in [0.15, 0.2) is 15.4 Å². The van der Waals surface area contributed by atoms with Crippen molar-refractivity contribution in [2.75, 3.05) is 13.1 Å². The maximum absolute atomic E-state index is 12.8. The maximum atomic E-state index is 12.8. The number of nitrogens with zero attached hydrogens (tertiary/aromatic N) is 1. The molecule has 20 heavy (non-hydrogen) atoms. The number of sulfonamides is 1. The van der Waals surface area contributed by atoms with Gasteiger partial charge < -0.3 is 4.42 Å². The van der Waals surface area contributed by atoms with Crippen LogP contribution in [0.3, 0.4) is 0 Å². The van der Waals surface area contributed by atoms with Gasteiger partial charge in [0.1, 0.15) is 16.4 Å². The zero-order valence-corrected chi connectivity index (χ0v) is 14.4. The molecular weight excluding hydrogens is 298 g/mol. The van der Waals surface area contributed by atoms with Gasteiger partial charge in [-0.15, -0.1) is 11.6 Å². The van der Waals surface area contributed by atoms with Gasteiger partial charge in [-0.25, -0.2) is 8.42 Å². The monoisotopic (exact) mass is 321 g/mol. The third kappa shape index (κ3) is 4.24. The summed E-state index contributed by atoms with van der Waals surface area (Å²) in [5, 5.41) is 0. The standard InChI is InChI=1S/C14H24ClNO3S/c1-10(2)8-16(9-11(3)4)20(17,18)14-6-13(7-15)19-12(14)5/h6,10-11H,7-9H2,1-5H3. The second-order valence-corrected chi connectivity index (χ2v) is 8.05. The molecule has 0 saturated carbocycles. The van der Waals surface area contributed by atoms with Gasteiger partial charge in [-0.1, -0.05) is 27.7 Å². The molecule has 0 unspecified atom stereocenters. The molecule has 0 spiro atoms. The Balaban J connectivity index is 3.17. The molecule has 0 aliphatic heterocycles. The van der Waals surface area contributed by atoms with Gasteiger partial charge in [-0.3, -0.25) is 0 Å². The van der Waals surface area contributed by atoms with Crippen molar-refractivity contribution in [2.24, 2.45) is 11.8 Å². The fourth-order valence-corrected chi connectivity index (χ4v) is 4.15. The van der Waals surface area contributed by atoms with Gasteiger partial charge in [-0.2, -0.15) is 4.31 Å². The summed E-state index contributed by atoms with van der Waals surface area (Å²) in [7, 11) is -3.53. The molecule has 0 atom stereocenters. The zero-order valence-electron chi connectivity index (χ0n) is 12.8. The summed E-state index contributed by atoms with van der Waals surface area (Å²) in [6, 6.07) is 1.53. The molecule has 0 aliphatic carbocycles. The van der Waals surface area contributed by atoms with Crippen molar-refractivity contribution in [2.45, 2.75) is 45.4 Å². The highest BCUT2D eigenvalue weighted by Gasteiger charge is 2.29. The Bertz CT molecular complexity index is 525. The Hall–Kier alpha value is -0.520. The van der Waals surface area contributed by atoms with Crippen LogP contribution in [-0.4, -0.2) is 25.8 Å². The topological polar surface area (TPSA) is 50.5 Å². The van der Waals surface area contributed by atoms with Gasteiger partial charge in [-0.05, 0) is 18.8 Å². The van der Waals surface area contributed by atoms with Crippen molar-refractivity contribution >= 4 is 21.6 Å². The second-order valence-electron chi connectivity index (χ2n) is 5.88. The van der Waals surface area contributed by atoms with Crippen molar-refractivity contribution in [3.63, 3.8) is 0 Å². The lowest BCUT2D eigenvalue weighted by molar-refractivity contribution is 0.332. The lowest BCUT2D eigenvalue weighted by Crippen LogP contribution is -2.37. The third-order valence-electron chi connectivity index (χ3n) is 2.81. The molecule has 0 aliphatic rings. The zero-order chi connectivity index (χ0) is 15.5. The van der Waals surface area contributed by atoms with Crippen LogP contribution in [0.1, 0.15) is 39.2 Å². The summed E-state index contributed by atoms with van der Waals surface area (Å²) in [5.41, 5.74) is 0. The number of aryl methyl sites for hydroxylation is 1. The van der Waals surface area contributed by atoms with Crippen LogP contribution in [-0.2, 0) is 15.9 Å². The summed E-state index contributed by atoms with van der Waals surface area (Å²) in [6.07, 6.45) is 0. The molecule has 0 fully saturated rings. The van der Waals surface area contributed by atoms with E-state index in [0.29, 0.717) is 24.6 Å². The number of hydrogen-bond donors (Lipinski definition) is 0. The van der Waals surface area contributed by atoms with Crippen molar-refractivity contribution in [1.29, 1.82) is 0 Å². The summed E-state index contributed by atoms with van der Waals surface area (Å²) in [5.74, 6) is 1.59. The molecule has 1 heterocycles. The van der Waals surface area contributed by atoms with Crippen molar-refractivity contribution in [1.82, 2.24) is 4.31 Å². The van der Waals surface area contributed by atoms with Crippen LogP contribution in [0.5, 0.6) is 0 Å². The summed E-state index contributed by atoms with van der Waals surface area (Å²) in [6.45, 7) is 10.7. The van der Waals surface area contributed by atoms with E-state index < -0.39 is 10.0 Å². The Morgan fingerprint density at radius 3 is 2.05 bits per heavy atom. The Kier molecular flexibility index (Phi) is 6.10. The molecule has 6 heteroatoms. The first kappa shape index (κ1) is 17.5. The lowest BCUT2D eigenvalue weighted by Gasteiger charge is -2.25. The van der Waals surface area contributed by atoms with E-state index in [1.165, 1.54) is 10.4 Å². The number of furan rings is 1. The molecule has 4 nitrogen and oxygen atoms in total. The lowest BCUT2D eigenvalue weighted by atomic mass is 10.2. The first-order valence-corrected chi connectivity index (χ1v) is 8.81. The normalized spacial score (nSPS) is 12.8.